The van der Waals surface area contributed by atoms with E-state index >= 15 is 0 Å². The second-order valence-corrected chi connectivity index (χ2v) is 20.7. The standard InChI is InChI=1S/C19H30N4O28P6/c1-8-5-23(19(30)21-16(8)28)13-4-9(24)10(45-13)6-43-56(41,44-7-11-14(26)15(27)17(46-11)22-3-2-12(25)20-18(22)29)51-57(42,48-53(34,35)36)50-55(39,40)49-54(37,38)47-52(31,32)33/h2-3,5,9-11,13-15,17,24,26-27H,4,6-7H2,1H3,(H,37,38)(H,39,40)(H,20,25,29)(H,21,28,30)(H2,31,32,33)(H2,34,35,36)/t9-,10+,11+,13+,14+,15+,17+,56?,57?/m0/s1. The summed E-state index contributed by atoms with van der Waals surface area (Å²) in [6.45, 7) is -1.39. The average Bonchev–Trinajstić information content (AvgIpc) is 3.51. The average molecular weight is 948 g/mol. The van der Waals surface area contributed by atoms with Gasteiger partial charge in [-0.25, -0.2) is 37.0 Å². The number of aromatic amines is 2. The molecule has 2 aliphatic heterocycles. The summed E-state index contributed by atoms with van der Waals surface area (Å²) in [6.07, 6.45) is -11.3. The molecule has 4 heterocycles. The number of aryl methyl sites for hydroxylation is 1. The summed E-state index contributed by atoms with van der Waals surface area (Å²) in [5.41, 5.74) is -3.86. The molecule has 0 spiro atoms. The summed E-state index contributed by atoms with van der Waals surface area (Å²) in [4.78, 5) is 107. The lowest BCUT2D eigenvalue weighted by Crippen LogP contribution is -2.37. The molecule has 0 saturated carbocycles. The monoisotopic (exact) mass is 948 g/mol. The van der Waals surface area contributed by atoms with Crippen molar-refractivity contribution in [3.05, 3.63) is 65.7 Å². The second-order valence-electron chi connectivity index (χ2n) is 11.3. The second kappa shape index (κ2) is 17.6. The number of nitrogens with one attached hydrogen (secondary N) is 2. The zero-order valence-corrected chi connectivity index (χ0v) is 33.1. The molecule has 32 nitrogen and oxygen atoms in total. The number of hydrogen-bond acceptors (Lipinski definition) is 22. The van der Waals surface area contributed by atoms with Crippen LogP contribution >= 0.6 is 46.9 Å². The molecule has 38 heteroatoms. The predicted octanol–water partition coefficient (Wildman–Crippen LogP) is -2.62. The molecule has 2 fully saturated rings. The van der Waals surface area contributed by atoms with E-state index in [0.29, 0.717) is 4.57 Å². The van der Waals surface area contributed by atoms with Crippen molar-refractivity contribution in [2.45, 2.75) is 56.3 Å². The molecule has 0 aliphatic carbocycles. The molecule has 0 bridgehead atoms. The molecule has 4 unspecified atom stereocenters. The Morgan fingerprint density at radius 2 is 1.26 bits per heavy atom. The van der Waals surface area contributed by atoms with Gasteiger partial charge in [0.2, 0.25) is 0 Å². The van der Waals surface area contributed by atoms with Crippen molar-refractivity contribution in [2.75, 3.05) is 13.2 Å². The molecule has 2 saturated heterocycles. The Hall–Kier alpha value is -1.98. The molecule has 0 radical (unpaired) electrons. The van der Waals surface area contributed by atoms with Gasteiger partial charge in [-0.15, -0.1) is 0 Å². The molecule has 4 rings (SSSR count). The van der Waals surface area contributed by atoms with E-state index in [1.165, 1.54) is 6.92 Å². The topological polar surface area (TPSA) is 477 Å². The van der Waals surface area contributed by atoms with Crippen molar-refractivity contribution in [3.63, 3.8) is 0 Å². The van der Waals surface area contributed by atoms with Crippen LogP contribution in [0.4, 0.5) is 0 Å². The Labute approximate surface area is 313 Å². The molecular weight excluding hydrogens is 918 g/mol. The minimum absolute atomic E-state index is 0.00426. The van der Waals surface area contributed by atoms with E-state index in [4.69, 9.17) is 28.3 Å². The van der Waals surface area contributed by atoms with Gasteiger partial charge in [0.25, 0.3) is 11.1 Å². The van der Waals surface area contributed by atoms with E-state index in [2.05, 4.69) is 21.6 Å². The third-order valence-electron chi connectivity index (χ3n) is 6.94. The molecular formula is C19H30N4O28P6. The van der Waals surface area contributed by atoms with Crippen LogP contribution in [0.25, 0.3) is 0 Å². The van der Waals surface area contributed by atoms with Crippen LogP contribution < -0.4 is 22.5 Å². The van der Waals surface area contributed by atoms with E-state index in [1.807, 2.05) is 9.97 Å². The number of phosphoric acid groups is 6. The van der Waals surface area contributed by atoms with E-state index in [1.54, 1.807) is 0 Å². The van der Waals surface area contributed by atoms with E-state index in [-0.39, 0.29) is 5.56 Å². The van der Waals surface area contributed by atoms with Gasteiger partial charge in [-0.3, -0.25) is 37.7 Å². The first-order valence-electron chi connectivity index (χ1n) is 14.7. The molecule has 57 heavy (non-hydrogen) atoms. The first-order valence-corrected chi connectivity index (χ1v) is 23.7. The summed E-state index contributed by atoms with van der Waals surface area (Å²) in [7, 11) is -38.5. The van der Waals surface area contributed by atoms with E-state index in [0.717, 1.165) is 23.0 Å². The van der Waals surface area contributed by atoms with Crippen LogP contribution in [0.15, 0.2) is 37.6 Å². The molecule has 2 aromatic rings. The highest BCUT2D eigenvalue weighted by molar-refractivity contribution is 7.74. The molecule has 324 valence electrons. The van der Waals surface area contributed by atoms with Crippen LogP contribution in [0.1, 0.15) is 24.4 Å². The first kappa shape index (κ1) is 47.7. The van der Waals surface area contributed by atoms with Gasteiger partial charge in [-0.1, -0.05) is 0 Å². The van der Waals surface area contributed by atoms with Crippen molar-refractivity contribution < 1.29 is 112 Å². The maximum atomic E-state index is 14.0. The maximum Gasteiger partial charge on any atom is 0.501 e. The van der Waals surface area contributed by atoms with Crippen molar-refractivity contribution >= 4 is 46.9 Å². The van der Waals surface area contributed by atoms with Crippen molar-refractivity contribution in [1.82, 2.24) is 19.1 Å². The van der Waals surface area contributed by atoms with Crippen LogP contribution in [0.5, 0.6) is 0 Å². The largest absolute Gasteiger partial charge is 0.501 e. The molecule has 0 amide bonds. The summed E-state index contributed by atoms with van der Waals surface area (Å²) >= 11 is 0. The van der Waals surface area contributed by atoms with Crippen LogP contribution in [0, 0.1) is 6.92 Å². The number of ether oxygens (including phenoxy) is 2. The number of nitrogens with zero attached hydrogens (tertiary/aromatic N) is 2. The Kier molecular flexibility index (Phi) is 14.7. The highest BCUT2D eigenvalue weighted by Crippen LogP contribution is 2.78. The summed E-state index contributed by atoms with van der Waals surface area (Å²) in [6, 6.07) is 0.804. The quantitative estimate of drug-likeness (QED) is 0.0682. The van der Waals surface area contributed by atoms with Gasteiger partial charge in [0.15, 0.2) is 6.23 Å². The predicted molar refractivity (Wildman–Crippen MR) is 174 cm³/mol. The number of rotatable bonds is 18. The fourth-order valence-corrected chi connectivity index (χ4v) is 12.9. The maximum absolute atomic E-state index is 14.0. The lowest BCUT2D eigenvalue weighted by Gasteiger charge is -2.26. The summed E-state index contributed by atoms with van der Waals surface area (Å²) in [5, 5.41) is 31.7. The molecule has 0 aromatic carbocycles. The van der Waals surface area contributed by atoms with Gasteiger partial charge in [0.05, 0.1) is 19.3 Å². The highest BCUT2D eigenvalue weighted by atomic mass is 31.3. The minimum atomic E-state index is -6.84. The Balaban J connectivity index is 1.65. The number of aromatic nitrogens is 4. The lowest BCUT2D eigenvalue weighted by atomic mass is 10.1. The highest BCUT2D eigenvalue weighted by Gasteiger charge is 2.54. The van der Waals surface area contributed by atoms with Gasteiger partial charge in [0.1, 0.15) is 30.6 Å². The van der Waals surface area contributed by atoms with Gasteiger partial charge < -0.3 is 54.2 Å². The van der Waals surface area contributed by atoms with Crippen LogP contribution in [0.2, 0.25) is 0 Å². The number of aliphatic hydroxyl groups is 3. The van der Waals surface area contributed by atoms with Crippen molar-refractivity contribution in [2.24, 2.45) is 0 Å². The lowest BCUT2D eigenvalue weighted by molar-refractivity contribution is -0.0617. The van der Waals surface area contributed by atoms with Crippen LogP contribution in [-0.2, 0) is 67.5 Å². The number of hydrogen-bond donors (Lipinski definition) is 11. The zero-order valence-electron chi connectivity index (χ0n) is 27.8. The van der Waals surface area contributed by atoms with Gasteiger partial charge in [-0.2, -0.15) is 21.6 Å². The Morgan fingerprint density at radius 1 is 0.702 bits per heavy atom. The van der Waals surface area contributed by atoms with Gasteiger partial charge in [-0.05, 0) is 6.92 Å². The fraction of sp³-hybridized carbons (Fsp3) is 0.579. The summed E-state index contributed by atoms with van der Waals surface area (Å²) < 4.78 is 115. The normalized spacial score (nSPS) is 28.6. The Bertz CT molecular complexity index is 2350. The number of aliphatic hydroxyl groups excluding tert-OH is 3. The molecule has 2 aromatic heterocycles. The number of H-pyrrole nitrogens is 2. The molecule has 11 N–H and O–H groups in total. The molecule has 11 atom stereocenters. The fourth-order valence-electron chi connectivity index (χ4n) is 4.69. The summed E-state index contributed by atoms with van der Waals surface area (Å²) in [5.74, 6) is 0. The van der Waals surface area contributed by atoms with Gasteiger partial charge >= 0.3 is 58.3 Å². The molecule has 2 aliphatic rings. The first-order chi connectivity index (χ1) is 25.9. The van der Waals surface area contributed by atoms with Crippen LogP contribution in [-0.4, -0.2) is 108 Å². The van der Waals surface area contributed by atoms with Gasteiger partial charge in [0, 0.05) is 30.4 Å². The Morgan fingerprint density at radius 3 is 1.84 bits per heavy atom. The third kappa shape index (κ3) is 13.3. The zero-order chi connectivity index (χ0) is 43.1. The van der Waals surface area contributed by atoms with Crippen molar-refractivity contribution in [3.8, 4) is 0 Å². The van der Waals surface area contributed by atoms with Crippen molar-refractivity contribution in [1.29, 1.82) is 0 Å². The van der Waals surface area contributed by atoms with E-state index in [9.17, 15) is 81.5 Å². The van der Waals surface area contributed by atoms with E-state index < -0.39 is 132 Å². The SMILES string of the molecule is Cc1cn([C@H]2C[C@H](O)[C@@H](COP(=O)(OC[C@H]3O[C@@H](n4ccc(=O)[nH]c4=O)[C@H](O)[C@@H]3O)OP(=O)(OP(=O)(O)O)OP(=O)(O)OP(=O)(O)OP(=O)(O)O)O2)c(=O)[nH]c1=O. The smallest absolute Gasteiger partial charge is 0.390 e. The minimum Gasteiger partial charge on any atom is -0.390 e. The third-order valence-corrected chi connectivity index (χ3v) is 16.1. The number of phosphoric ester groups is 1. The van der Waals surface area contributed by atoms with Crippen LogP contribution in [0.3, 0.4) is 0 Å².